The third-order valence-electron chi connectivity index (χ3n) is 5.85. The SMILES string of the molecule is c1ccc(-c2cccc(Nc3ccc(-c4ccc5oc6ccccc6c5c4)cc3)c2)cc1. The molecular weight excluding hydrogens is 390 g/mol. The Kier molecular flexibility index (Phi) is 4.47. The van der Waals surface area contributed by atoms with E-state index in [9.17, 15) is 0 Å². The van der Waals surface area contributed by atoms with Crippen molar-refractivity contribution in [1.29, 1.82) is 0 Å². The van der Waals surface area contributed by atoms with Crippen molar-refractivity contribution in [2.45, 2.75) is 0 Å². The summed E-state index contributed by atoms with van der Waals surface area (Å²) in [5, 5.41) is 5.83. The maximum atomic E-state index is 5.96. The Hall–Kier alpha value is -4.30. The van der Waals surface area contributed by atoms with Gasteiger partial charge in [0, 0.05) is 22.1 Å². The Morgan fingerprint density at radius 2 is 1.06 bits per heavy atom. The fraction of sp³-hybridized carbons (Fsp3) is 0. The highest BCUT2D eigenvalue weighted by Crippen LogP contribution is 2.33. The van der Waals surface area contributed by atoms with Crippen LogP contribution in [0.4, 0.5) is 11.4 Å². The van der Waals surface area contributed by atoms with Gasteiger partial charge in [-0.25, -0.2) is 0 Å². The summed E-state index contributed by atoms with van der Waals surface area (Å²) >= 11 is 0. The van der Waals surface area contributed by atoms with Gasteiger partial charge in [-0.2, -0.15) is 0 Å². The summed E-state index contributed by atoms with van der Waals surface area (Å²) in [7, 11) is 0. The topological polar surface area (TPSA) is 25.2 Å². The predicted molar refractivity (Wildman–Crippen MR) is 134 cm³/mol. The summed E-state index contributed by atoms with van der Waals surface area (Å²) in [5.74, 6) is 0. The number of benzene rings is 5. The van der Waals surface area contributed by atoms with Crippen molar-refractivity contribution < 1.29 is 4.42 Å². The van der Waals surface area contributed by atoms with Gasteiger partial charge in [0.25, 0.3) is 0 Å². The van der Waals surface area contributed by atoms with Crippen molar-refractivity contribution in [3.63, 3.8) is 0 Å². The lowest BCUT2D eigenvalue weighted by molar-refractivity contribution is 0.669. The van der Waals surface area contributed by atoms with E-state index in [2.05, 4.69) is 108 Å². The zero-order chi connectivity index (χ0) is 21.3. The van der Waals surface area contributed by atoms with Gasteiger partial charge in [-0.05, 0) is 64.7 Å². The lowest BCUT2D eigenvalue weighted by Gasteiger charge is -2.10. The molecule has 2 heteroatoms. The molecular formula is C30H21NO. The van der Waals surface area contributed by atoms with E-state index < -0.39 is 0 Å². The molecule has 0 fully saturated rings. The number of fused-ring (bicyclic) bond motifs is 3. The molecule has 6 rings (SSSR count). The Morgan fingerprint density at radius 3 is 1.94 bits per heavy atom. The van der Waals surface area contributed by atoms with Crippen LogP contribution in [0.5, 0.6) is 0 Å². The molecule has 0 aliphatic rings. The molecule has 2 nitrogen and oxygen atoms in total. The van der Waals surface area contributed by atoms with Gasteiger partial charge in [0.05, 0.1) is 0 Å². The number of hydrogen-bond donors (Lipinski definition) is 1. The van der Waals surface area contributed by atoms with Crippen molar-refractivity contribution >= 4 is 33.3 Å². The van der Waals surface area contributed by atoms with Crippen molar-refractivity contribution in [2.75, 3.05) is 5.32 Å². The first-order valence-electron chi connectivity index (χ1n) is 10.8. The van der Waals surface area contributed by atoms with E-state index in [1.54, 1.807) is 0 Å². The maximum Gasteiger partial charge on any atom is 0.135 e. The van der Waals surface area contributed by atoms with Crippen LogP contribution in [0.1, 0.15) is 0 Å². The van der Waals surface area contributed by atoms with E-state index in [0.29, 0.717) is 0 Å². The summed E-state index contributed by atoms with van der Waals surface area (Å²) in [6.07, 6.45) is 0. The third kappa shape index (κ3) is 3.42. The summed E-state index contributed by atoms with van der Waals surface area (Å²) in [6.45, 7) is 0. The molecule has 0 aliphatic carbocycles. The van der Waals surface area contributed by atoms with Crippen LogP contribution < -0.4 is 5.32 Å². The van der Waals surface area contributed by atoms with Crippen molar-refractivity contribution in [1.82, 2.24) is 0 Å². The molecule has 0 amide bonds. The lowest BCUT2D eigenvalue weighted by atomic mass is 10.0. The second-order valence-electron chi connectivity index (χ2n) is 7.96. The quantitative estimate of drug-likeness (QED) is 0.314. The van der Waals surface area contributed by atoms with E-state index >= 15 is 0 Å². The van der Waals surface area contributed by atoms with Gasteiger partial charge in [-0.15, -0.1) is 0 Å². The molecule has 5 aromatic carbocycles. The molecule has 1 N–H and O–H groups in total. The fourth-order valence-electron chi connectivity index (χ4n) is 4.23. The minimum Gasteiger partial charge on any atom is -0.456 e. The largest absolute Gasteiger partial charge is 0.456 e. The Balaban J connectivity index is 1.27. The first kappa shape index (κ1) is 18.5. The Labute approximate surface area is 186 Å². The second kappa shape index (κ2) is 7.75. The zero-order valence-corrected chi connectivity index (χ0v) is 17.5. The van der Waals surface area contributed by atoms with Crippen molar-refractivity contribution in [3.8, 4) is 22.3 Å². The molecule has 1 aromatic heterocycles. The van der Waals surface area contributed by atoms with E-state index in [1.807, 2.05) is 18.2 Å². The molecule has 0 radical (unpaired) electrons. The average molecular weight is 412 g/mol. The zero-order valence-electron chi connectivity index (χ0n) is 17.5. The van der Waals surface area contributed by atoms with Gasteiger partial charge in [0.2, 0.25) is 0 Å². The molecule has 0 saturated carbocycles. The highest BCUT2D eigenvalue weighted by Gasteiger charge is 2.08. The molecule has 1 heterocycles. The maximum absolute atomic E-state index is 5.96. The van der Waals surface area contributed by atoms with Crippen LogP contribution in [0, 0.1) is 0 Å². The highest BCUT2D eigenvalue weighted by atomic mass is 16.3. The fourth-order valence-corrected chi connectivity index (χ4v) is 4.23. The van der Waals surface area contributed by atoms with Crippen molar-refractivity contribution in [3.05, 3.63) is 121 Å². The predicted octanol–water partition coefficient (Wildman–Crippen LogP) is 8.66. The van der Waals surface area contributed by atoms with E-state index in [1.165, 1.54) is 22.3 Å². The molecule has 32 heavy (non-hydrogen) atoms. The number of nitrogens with one attached hydrogen (secondary N) is 1. The van der Waals surface area contributed by atoms with Crippen LogP contribution in [0.25, 0.3) is 44.2 Å². The molecule has 0 spiro atoms. The number of furan rings is 1. The lowest BCUT2D eigenvalue weighted by Crippen LogP contribution is -1.90. The normalized spacial score (nSPS) is 11.1. The molecule has 152 valence electrons. The van der Waals surface area contributed by atoms with E-state index in [-0.39, 0.29) is 0 Å². The molecule has 0 bridgehead atoms. The van der Waals surface area contributed by atoms with Crippen LogP contribution >= 0.6 is 0 Å². The summed E-state index contributed by atoms with van der Waals surface area (Å²) in [4.78, 5) is 0. The third-order valence-corrected chi connectivity index (χ3v) is 5.85. The Bertz CT molecular complexity index is 1530. The average Bonchev–Trinajstić information content (AvgIpc) is 3.23. The van der Waals surface area contributed by atoms with Crippen LogP contribution in [-0.4, -0.2) is 0 Å². The first-order chi connectivity index (χ1) is 15.8. The van der Waals surface area contributed by atoms with Gasteiger partial charge >= 0.3 is 0 Å². The van der Waals surface area contributed by atoms with E-state index in [4.69, 9.17) is 4.42 Å². The molecule has 0 aliphatic heterocycles. The number of anilines is 2. The minimum atomic E-state index is 0.923. The van der Waals surface area contributed by atoms with Crippen molar-refractivity contribution in [2.24, 2.45) is 0 Å². The number of hydrogen-bond acceptors (Lipinski definition) is 2. The smallest absolute Gasteiger partial charge is 0.135 e. The van der Waals surface area contributed by atoms with Gasteiger partial charge in [0.1, 0.15) is 11.2 Å². The number of rotatable bonds is 4. The van der Waals surface area contributed by atoms with Crippen LogP contribution in [0.15, 0.2) is 126 Å². The monoisotopic (exact) mass is 411 g/mol. The summed E-state index contributed by atoms with van der Waals surface area (Å²) < 4.78 is 5.96. The van der Waals surface area contributed by atoms with Gasteiger partial charge < -0.3 is 9.73 Å². The van der Waals surface area contributed by atoms with Crippen LogP contribution in [0.3, 0.4) is 0 Å². The molecule has 0 unspecified atom stereocenters. The standard InChI is InChI=1S/C30H21NO/c1-2-7-21(8-3-1)23-9-6-10-26(19-23)31-25-16-13-22(14-17-25)24-15-18-30-28(20-24)27-11-4-5-12-29(27)32-30/h1-20,31H. The summed E-state index contributed by atoms with van der Waals surface area (Å²) in [5.41, 5.74) is 8.77. The minimum absolute atomic E-state index is 0.923. The first-order valence-corrected chi connectivity index (χ1v) is 10.8. The van der Waals surface area contributed by atoms with E-state index in [0.717, 1.165) is 33.3 Å². The van der Waals surface area contributed by atoms with Crippen LogP contribution in [0.2, 0.25) is 0 Å². The molecule has 0 saturated heterocycles. The highest BCUT2D eigenvalue weighted by molar-refractivity contribution is 6.06. The second-order valence-corrected chi connectivity index (χ2v) is 7.96. The molecule has 6 aromatic rings. The van der Waals surface area contributed by atoms with Gasteiger partial charge in [-0.1, -0.05) is 78.9 Å². The Morgan fingerprint density at radius 1 is 0.406 bits per heavy atom. The van der Waals surface area contributed by atoms with Gasteiger partial charge in [-0.3, -0.25) is 0 Å². The number of para-hydroxylation sites is 1. The van der Waals surface area contributed by atoms with Crippen LogP contribution in [-0.2, 0) is 0 Å². The van der Waals surface area contributed by atoms with Gasteiger partial charge in [0.15, 0.2) is 0 Å². The summed E-state index contributed by atoms with van der Waals surface area (Å²) in [6, 6.07) is 42.1. The molecule has 0 atom stereocenters.